The number of amides is 2. The van der Waals surface area contributed by atoms with Gasteiger partial charge in [0, 0.05) is 25.8 Å². The summed E-state index contributed by atoms with van der Waals surface area (Å²) in [6.45, 7) is 6.07. The number of likely N-dealkylation sites (tertiary alicyclic amines) is 1. The van der Waals surface area contributed by atoms with E-state index in [0.717, 1.165) is 37.6 Å². The Kier molecular flexibility index (Phi) is 5.16. The molecule has 0 spiro atoms. The summed E-state index contributed by atoms with van der Waals surface area (Å²) in [5.74, 6) is 3.06. The number of methoxy groups -OCH3 is 1. The molecule has 1 N–H and O–H groups in total. The van der Waals surface area contributed by atoms with Crippen LogP contribution in [0.5, 0.6) is 5.75 Å². The second-order valence-corrected chi connectivity index (χ2v) is 6.33. The number of anilines is 1. The lowest BCUT2D eigenvalue weighted by molar-refractivity contribution is 0.168. The number of nitrogens with one attached hydrogen (secondary N) is 1. The number of aromatic nitrogens is 4. The molecule has 8 nitrogen and oxygen atoms in total. The first-order chi connectivity index (χ1) is 12.1. The largest absolute Gasteiger partial charge is 0.493 e. The average molecular weight is 344 g/mol. The maximum atomic E-state index is 12.6. The summed E-state index contributed by atoms with van der Waals surface area (Å²) >= 11 is 0. The zero-order chi connectivity index (χ0) is 17.8. The minimum Gasteiger partial charge on any atom is -0.493 e. The van der Waals surface area contributed by atoms with Gasteiger partial charge < -0.3 is 9.64 Å². The van der Waals surface area contributed by atoms with E-state index in [2.05, 4.69) is 20.4 Å². The third kappa shape index (κ3) is 4.07. The van der Waals surface area contributed by atoms with E-state index in [1.807, 2.05) is 23.4 Å². The van der Waals surface area contributed by atoms with Gasteiger partial charge in [0.1, 0.15) is 11.6 Å². The van der Waals surface area contributed by atoms with E-state index >= 15 is 0 Å². The minimum absolute atomic E-state index is 0.145. The number of carbonyl (C=O) groups is 1. The van der Waals surface area contributed by atoms with Gasteiger partial charge in [-0.25, -0.2) is 19.4 Å². The van der Waals surface area contributed by atoms with Crippen molar-refractivity contribution in [3.63, 3.8) is 0 Å². The molecule has 0 unspecified atom stereocenters. The van der Waals surface area contributed by atoms with Gasteiger partial charge in [-0.05, 0) is 44.7 Å². The fraction of sp³-hybridized carbons (Fsp3) is 0.529. The van der Waals surface area contributed by atoms with Crippen LogP contribution >= 0.6 is 0 Å². The molecule has 1 aliphatic heterocycles. The highest BCUT2D eigenvalue weighted by Gasteiger charge is 2.25. The van der Waals surface area contributed by atoms with Crippen molar-refractivity contribution in [1.29, 1.82) is 0 Å². The average Bonchev–Trinajstić information content (AvgIpc) is 2.92. The number of urea groups is 1. The number of nitrogens with zero attached hydrogens (tertiary/aromatic N) is 5. The molecule has 0 aromatic carbocycles. The van der Waals surface area contributed by atoms with Crippen molar-refractivity contribution >= 4 is 11.8 Å². The number of carbonyl (C=O) groups excluding carboxylic acids is 1. The van der Waals surface area contributed by atoms with Crippen LogP contribution in [-0.2, 0) is 6.54 Å². The van der Waals surface area contributed by atoms with Gasteiger partial charge in [-0.1, -0.05) is 0 Å². The van der Waals surface area contributed by atoms with E-state index in [4.69, 9.17) is 4.74 Å². The quantitative estimate of drug-likeness (QED) is 0.919. The van der Waals surface area contributed by atoms with Gasteiger partial charge in [-0.15, -0.1) is 0 Å². The lowest BCUT2D eigenvalue weighted by atomic mass is 9.98. The van der Waals surface area contributed by atoms with Gasteiger partial charge in [0.2, 0.25) is 0 Å². The monoisotopic (exact) mass is 344 g/mol. The van der Waals surface area contributed by atoms with Crippen LogP contribution < -0.4 is 10.1 Å². The first kappa shape index (κ1) is 17.2. The van der Waals surface area contributed by atoms with E-state index in [1.54, 1.807) is 25.4 Å². The van der Waals surface area contributed by atoms with E-state index in [-0.39, 0.29) is 6.03 Å². The fourth-order valence-corrected chi connectivity index (χ4v) is 3.21. The summed E-state index contributed by atoms with van der Waals surface area (Å²) < 4.78 is 7.17. The molecule has 2 aromatic rings. The van der Waals surface area contributed by atoms with Crippen LogP contribution in [0.15, 0.2) is 18.3 Å². The number of aryl methyl sites for hydroxylation is 2. The van der Waals surface area contributed by atoms with E-state index in [9.17, 15) is 4.79 Å². The first-order valence-electron chi connectivity index (χ1n) is 8.50. The molecule has 2 amide bonds. The van der Waals surface area contributed by atoms with Gasteiger partial charge in [0.15, 0.2) is 11.6 Å². The number of hydrogen-bond acceptors (Lipinski definition) is 5. The summed E-state index contributed by atoms with van der Waals surface area (Å²) in [6.07, 6.45) is 3.69. The molecule has 0 aliphatic carbocycles. The molecule has 134 valence electrons. The van der Waals surface area contributed by atoms with Crippen molar-refractivity contribution in [2.45, 2.75) is 33.2 Å². The maximum absolute atomic E-state index is 12.6. The molecule has 3 rings (SSSR count). The van der Waals surface area contributed by atoms with Crippen LogP contribution in [0.25, 0.3) is 0 Å². The highest BCUT2D eigenvalue weighted by atomic mass is 16.5. The molecule has 2 aromatic heterocycles. The summed E-state index contributed by atoms with van der Waals surface area (Å²) in [5, 5.41) is 7.27. The predicted molar refractivity (Wildman–Crippen MR) is 93.6 cm³/mol. The second kappa shape index (κ2) is 7.50. The third-order valence-electron chi connectivity index (χ3n) is 4.42. The lowest BCUT2D eigenvalue weighted by Crippen LogP contribution is -2.43. The second-order valence-electron chi connectivity index (χ2n) is 6.33. The van der Waals surface area contributed by atoms with E-state index in [0.29, 0.717) is 24.0 Å². The molecule has 1 fully saturated rings. The summed E-state index contributed by atoms with van der Waals surface area (Å²) in [6, 6.07) is 3.40. The maximum Gasteiger partial charge on any atom is 0.323 e. The number of pyridine rings is 1. The molecular weight excluding hydrogens is 320 g/mol. The minimum atomic E-state index is -0.145. The standard InChI is InChI=1S/C17H24N6O2/c1-12-19-13(2)23(21-12)11-14-6-5-9-22(10-14)17(24)20-16-15(25-3)7-4-8-18-16/h4,7-8,14H,5-6,9-11H2,1-3H3,(H,18,20,24)/t14-/m0/s1. The smallest absolute Gasteiger partial charge is 0.323 e. The Hall–Kier alpha value is -2.64. The van der Waals surface area contributed by atoms with Crippen LogP contribution in [0.1, 0.15) is 24.5 Å². The van der Waals surface area contributed by atoms with Crippen LogP contribution in [0.4, 0.5) is 10.6 Å². The number of rotatable bonds is 4. The van der Waals surface area contributed by atoms with Gasteiger partial charge in [-0.2, -0.15) is 5.10 Å². The Morgan fingerprint density at radius 3 is 3.00 bits per heavy atom. The molecule has 8 heteroatoms. The number of piperidine rings is 1. The molecule has 0 saturated carbocycles. The van der Waals surface area contributed by atoms with Crippen molar-refractivity contribution in [3.05, 3.63) is 30.0 Å². The zero-order valence-corrected chi connectivity index (χ0v) is 14.9. The molecule has 0 radical (unpaired) electrons. The van der Waals surface area contributed by atoms with Gasteiger partial charge in [-0.3, -0.25) is 5.32 Å². The Morgan fingerprint density at radius 1 is 1.44 bits per heavy atom. The van der Waals surface area contributed by atoms with Crippen LogP contribution in [0.2, 0.25) is 0 Å². The van der Waals surface area contributed by atoms with Crippen LogP contribution in [0, 0.1) is 19.8 Å². The molecule has 25 heavy (non-hydrogen) atoms. The molecular formula is C17H24N6O2. The fourth-order valence-electron chi connectivity index (χ4n) is 3.21. The summed E-state index contributed by atoms with van der Waals surface area (Å²) in [5.41, 5.74) is 0. The number of hydrogen-bond donors (Lipinski definition) is 1. The predicted octanol–water partition coefficient (Wildman–Crippen LogP) is 2.24. The number of ether oxygens (including phenoxy) is 1. The highest BCUT2D eigenvalue weighted by molar-refractivity contribution is 5.89. The van der Waals surface area contributed by atoms with E-state index < -0.39 is 0 Å². The lowest BCUT2D eigenvalue weighted by Gasteiger charge is -2.32. The highest BCUT2D eigenvalue weighted by Crippen LogP contribution is 2.23. The first-order valence-corrected chi connectivity index (χ1v) is 8.50. The van der Waals surface area contributed by atoms with Gasteiger partial charge in [0.05, 0.1) is 7.11 Å². The van der Waals surface area contributed by atoms with Crippen molar-refractivity contribution in [2.75, 3.05) is 25.5 Å². The van der Waals surface area contributed by atoms with Crippen molar-refractivity contribution in [2.24, 2.45) is 5.92 Å². The topological polar surface area (TPSA) is 85.2 Å². The molecule has 1 saturated heterocycles. The summed E-state index contributed by atoms with van der Waals surface area (Å²) in [4.78, 5) is 22.9. The van der Waals surface area contributed by atoms with Gasteiger partial charge >= 0.3 is 6.03 Å². The molecule has 0 bridgehead atoms. The third-order valence-corrected chi connectivity index (χ3v) is 4.42. The van der Waals surface area contributed by atoms with Crippen molar-refractivity contribution < 1.29 is 9.53 Å². The van der Waals surface area contributed by atoms with Gasteiger partial charge in [0.25, 0.3) is 0 Å². The van der Waals surface area contributed by atoms with Crippen molar-refractivity contribution in [1.82, 2.24) is 24.6 Å². The van der Waals surface area contributed by atoms with Crippen molar-refractivity contribution in [3.8, 4) is 5.75 Å². The SMILES string of the molecule is COc1cccnc1NC(=O)N1CCC[C@H](Cn2nc(C)nc2C)C1. The van der Waals surface area contributed by atoms with Crippen LogP contribution in [-0.4, -0.2) is 50.9 Å². The molecule has 1 aliphatic rings. The Bertz CT molecular complexity index is 744. The Labute approximate surface area is 147 Å². The Balaban J connectivity index is 1.62. The van der Waals surface area contributed by atoms with Crippen LogP contribution in [0.3, 0.4) is 0 Å². The molecule has 3 heterocycles. The summed E-state index contributed by atoms with van der Waals surface area (Å²) in [7, 11) is 1.56. The Morgan fingerprint density at radius 2 is 2.28 bits per heavy atom. The van der Waals surface area contributed by atoms with E-state index in [1.165, 1.54) is 0 Å². The molecule has 1 atom stereocenters. The zero-order valence-electron chi connectivity index (χ0n) is 14.9. The normalized spacial score (nSPS) is 17.4.